The van der Waals surface area contributed by atoms with E-state index in [0.29, 0.717) is 19.1 Å². The summed E-state index contributed by atoms with van der Waals surface area (Å²) in [5.41, 5.74) is 0.732. The zero-order valence-corrected chi connectivity index (χ0v) is 13.8. The molecule has 0 saturated carbocycles. The molecular formula is C15H27N5O2. The summed E-state index contributed by atoms with van der Waals surface area (Å²) in [5.74, 6) is 0.570. The second-order valence-corrected chi connectivity index (χ2v) is 5.87. The van der Waals surface area contributed by atoms with Crippen molar-refractivity contribution < 1.29 is 9.53 Å². The zero-order chi connectivity index (χ0) is 15.9. The van der Waals surface area contributed by atoms with Crippen molar-refractivity contribution in [1.29, 1.82) is 0 Å². The summed E-state index contributed by atoms with van der Waals surface area (Å²) >= 11 is 0. The fourth-order valence-corrected chi connectivity index (χ4v) is 2.67. The van der Waals surface area contributed by atoms with Crippen LogP contribution in [0.15, 0.2) is 12.4 Å². The predicted molar refractivity (Wildman–Crippen MR) is 86.0 cm³/mol. The topological polar surface area (TPSA) is 62.6 Å². The number of anilines is 1. The smallest absolute Gasteiger partial charge is 0.321 e. The van der Waals surface area contributed by atoms with Gasteiger partial charge in [-0.1, -0.05) is 6.92 Å². The normalized spacial score (nSPS) is 18.2. The highest BCUT2D eigenvalue weighted by atomic mass is 16.5. The van der Waals surface area contributed by atoms with Crippen molar-refractivity contribution in [3.05, 3.63) is 12.4 Å². The third-order valence-corrected chi connectivity index (χ3v) is 4.09. The molecule has 1 N–H and O–H groups in total. The second-order valence-electron chi connectivity index (χ2n) is 5.87. The van der Waals surface area contributed by atoms with Gasteiger partial charge in [-0.3, -0.25) is 4.68 Å². The van der Waals surface area contributed by atoms with Crippen LogP contribution in [0.3, 0.4) is 0 Å². The minimum atomic E-state index is -0.0343. The number of rotatable bonds is 7. The summed E-state index contributed by atoms with van der Waals surface area (Å²) in [6.07, 6.45) is 4.58. The largest absolute Gasteiger partial charge is 0.383 e. The van der Waals surface area contributed by atoms with Crippen molar-refractivity contribution in [1.82, 2.24) is 19.6 Å². The Balaban J connectivity index is 1.79. The quantitative estimate of drug-likeness (QED) is 0.825. The standard InChI is InChI=1S/C15H27N5O2/c1-4-18(2)10-13-5-6-19(11-13)15(21)17-14-9-16-20(12-14)7-8-22-3/h9,12-13H,4-8,10-11H2,1-3H3,(H,17,21)/t13-/m1/s1. The van der Waals surface area contributed by atoms with Gasteiger partial charge in [-0.15, -0.1) is 0 Å². The number of likely N-dealkylation sites (tertiary alicyclic amines) is 1. The van der Waals surface area contributed by atoms with Crippen LogP contribution in [-0.4, -0.2) is 72.6 Å². The van der Waals surface area contributed by atoms with Gasteiger partial charge in [0, 0.05) is 32.9 Å². The molecule has 124 valence electrons. The van der Waals surface area contributed by atoms with Crippen LogP contribution in [-0.2, 0) is 11.3 Å². The number of carbonyl (C=O) groups excluding carboxylic acids is 1. The Hall–Kier alpha value is -1.60. The summed E-state index contributed by atoms with van der Waals surface area (Å²) in [6.45, 7) is 7.19. The molecule has 0 spiro atoms. The second kappa shape index (κ2) is 8.14. The van der Waals surface area contributed by atoms with Gasteiger partial charge in [-0.25, -0.2) is 4.79 Å². The average molecular weight is 309 g/mol. The lowest BCUT2D eigenvalue weighted by Crippen LogP contribution is -2.34. The molecule has 2 heterocycles. The van der Waals surface area contributed by atoms with E-state index in [4.69, 9.17) is 4.74 Å². The molecule has 1 aliphatic heterocycles. The molecule has 0 bridgehead atoms. The van der Waals surface area contributed by atoms with Crippen LogP contribution < -0.4 is 5.32 Å². The Morgan fingerprint density at radius 1 is 1.59 bits per heavy atom. The maximum absolute atomic E-state index is 12.3. The lowest BCUT2D eigenvalue weighted by atomic mass is 10.1. The molecule has 0 aliphatic carbocycles. The monoisotopic (exact) mass is 309 g/mol. The molecule has 7 nitrogen and oxygen atoms in total. The highest BCUT2D eigenvalue weighted by Crippen LogP contribution is 2.18. The molecule has 2 rings (SSSR count). The Morgan fingerprint density at radius 2 is 2.41 bits per heavy atom. The number of ether oxygens (including phenoxy) is 1. The minimum Gasteiger partial charge on any atom is -0.383 e. The molecule has 1 aliphatic rings. The van der Waals surface area contributed by atoms with Gasteiger partial charge in [-0.05, 0) is 25.9 Å². The van der Waals surface area contributed by atoms with Crippen molar-refractivity contribution in [2.75, 3.05) is 52.3 Å². The van der Waals surface area contributed by atoms with E-state index in [1.807, 2.05) is 11.1 Å². The van der Waals surface area contributed by atoms with Crippen LogP contribution in [0, 0.1) is 5.92 Å². The van der Waals surface area contributed by atoms with E-state index in [1.54, 1.807) is 18.0 Å². The number of urea groups is 1. The Labute approximate surface area is 132 Å². The molecule has 1 aromatic heterocycles. The Kier molecular flexibility index (Phi) is 6.21. The van der Waals surface area contributed by atoms with Crippen LogP contribution in [0.4, 0.5) is 10.5 Å². The third-order valence-electron chi connectivity index (χ3n) is 4.09. The van der Waals surface area contributed by atoms with Crippen molar-refractivity contribution in [3.8, 4) is 0 Å². The van der Waals surface area contributed by atoms with Gasteiger partial charge in [0.1, 0.15) is 0 Å². The minimum absolute atomic E-state index is 0.0343. The number of nitrogens with one attached hydrogen (secondary N) is 1. The van der Waals surface area contributed by atoms with E-state index in [1.165, 1.54) is 0 Å². The number of carbonyl (C=O) groups is 1. The highest BCUT2D eigenvalue weighted by molar-refractivity contribution is 5.89. The molecule has 2 amide bonds. The van der Waals surface area contributed by atoms with Gasteiger partial charge in [0.15, 0.2) is 0 Å². The first-order chi connectivity index (χ1) is 10.6. The number of aromatic nitrogens is 2. The molecule has 22 heavy (non-hydrogen) atoms. The lowest BCUT2D eigenvalue weighted by molar-refractivity contribution is 0.183. The molecule has 0 aromatic carbocycles. The van der Waals surface area contributed by atoms with Gasteiger partial charge in [0.25, 0.3) is 0 Å². The molecule has 1 aromatic rings. The number of methoxy groups -OCH3 is 1. The summed E-state index contributed by atoms with van der Waals surface area (Å²) in [6, 6.07) is -0.0343. The molecular weight excluding hydrogens is 282 g/mol. The van der Waals surface area contributed by atoms with Crippen molar-refractivity contribution in [2.24, 2.45) is 5.92 Å². The first kappa shape index (κ1) is 16.8. The van der Waals surface area contributed by atoms with Gasteiger partial charge in [0.05, 0.1) is 25.0 Å². The van der Waals surface area contributed by atoms with Crippen LogP contribution in [0.5, 0.6) is 0 Å². The number of hydrogen-bond donors (Lipinski definition) is 1. The maximum Gasteiger partial charge on any atom is 0.321 e. The van der Waals surface area contributed by atoms with Crippen LogP contribution in [0.2, 0.25) is 0 Å². The molecule has 7 heteroatoms. The van der Waals surface area contributed by atoms with Gasteiger partial charge < -0.3 is 19.9 Å². The van der Waals surface area contributed by atoms with E-state index in [2.05, 4.69) is 29.3 Å². The molecule has 1 atom stereocenters. The van der Waals surface area contributed by atoms with Crippen LogP contribution in [0.1, 0.15) is 13.3 Å². The molecule has 0 unspecified atom stereocenters. The fourth-order valence-electron chi connectivity index (χ4n) is 2.67. The highest BCUT2D eigenvalue weighted by Gasteiger charge is 2.26. The molecule has 1 fully saturated rings. The van der Waals surface area contributed by atoms with E-state index in [-0.39, 0.29) is 6.03 Å². The fraction of sp³-hybridized carbons (Fsp3) is 0.733. The van der Waals surface area contributed by atoms with E-state index < -0.39 is 0 Å². The van der Waals surface area contributed by atoms with Crippen LogP contribution >= 0.6 is 0 Å². The van der Waals surface area contributed by atoms with Gasteiger partial charge in [0.2, 0.25) is 0 Å². The summed E-state index contributed by atoms with van der Waals surface area (Å²) in [7, 11) is 3.78. The maximum atomic E-state index is 12.3. The average Bonchev–Trinajstić information content (AvgIpc) is 3.14. The van der Waals surface area contributed by atoms with Crippen molar-refractivity contribution in [2.45, 2.75) is 19.9 Å². The zero-order valence-electron chi connectivity index (χ0n) is 13.8. The third kappa shape index (κ3) is 4.71. The van der Waals surface area contributed by atoms with Gasteiger partial charge >= 0.3 is 6.03 Å². The Bertz CT molecular complexity index is 476. The SMILES string of the molecule is CCN(C)C[C@H]1CCN(C(=O)Nc2cnn(CCOC)c2)C1. The van der Waals surface area contributed by atoms with Crippen molar-refractivity contribution in [3.63, 3.8) is 0 Å². The number of hydrogen-bond acceptors (Lipinski definition) is 4. The lowest BCUT2D eigenvalue weighted by Gasteiger charge is -2.20. The number of amides is 2. The summed E-state index contributed by atoms with van der Waals surface area (Å²) in [5, 5.41) is 7.11. The van der Waals surface area contributed by atoms with Gasteiger partial charge in [-0.2, -0.15) is 5.10 Å². The van der Waals surface area contributed by atoms with E-state index >= 15 is 0 Å². The predicted octanol–water partition coefficient (Wildman–Crippen LogP) is 1.33. The molecule has 0 radical (unpaired) electrons. The molecule has 1 saturated heterocycles. The number of nitrogens with zero attached hydrogens (tertiary/aromatic N) is 4. The first-order valence-electron chi connectivity index (χ1n) is 7.88. The van der Waals surface area contributed by atoms with Crippen LogP contribution in [0.25, 0.3) is 0 Å². The first-order valence-corrected chi connectivity index (χ1v) is 7.88. The summed E-state index contributed by atoms with van der Waals surface area (Å²) < 4.78 is 6.78. The van der Waals surface area contributed by atoms with E-state index in [9.17, 15) is 4.79 Å². The Morgan fingerprint density at radius 3 is 3.14 bits per heavy atom. The van der Waals surface area contributed by atoms with E-state index in [0.717, 1.165) is 38.3 Å². The summed E-state index contributed by atoms with van der Waals surface area (Å²) in [4.78, 5) is 16.5. The van der Waals surface area contributed by atoms with Crippen molar-refractivity contribution >= 4 is 11.7 Å².